The van der Waals surface area contributed by atoms with Crippen LogP contribution in [0.25, 0.3) is 11.4 Å². The van der Waals surface area contributed by atoms with E-state index in [2.05, 4.69) is 17.4 Å². The summed E-state index contributed by atoms with van der Waals surface area (Å²) >= 11 is 12.8. The summed E-state index contributed by atoms with van der Waals surface area (Å²) in [5, 5.41) is 3.95. The van der Waals surface area contributed by atoms with E-state index < -0.39 is 5.54 Å². The molecule has 9 heteroatoms. The summed E-state index contributed by atoms with van der Waals surface area (Å²) in [6.45, 7) is 5.95. The second-order valence-electron chi connectivity index (χ2n) is 11.3. The van der Waals surface area contributed by atoms with E-state index in [0.29, 0.717) is 50.2 Å². The number of methoxy groups -OCH3 is 1. The molecule has 1 saturated carbocycles. The molecule has 1 N–H and O–H groups in total. The van der Waals surface area contributed by atoms with E-state index in [0.717, 1.165) is 11.1 Å². The zero-order valence-electron chi connectivity index (χ0n) is 23.1. The number of nitrogens with zero attached hydrogens (tertiary/aromatic N) is 3. The smallest absolute Gasteiger partial charge is 0.280 e. The number of ether oxygens (including phenoxy) is 1. The van der Waals surface area contributed by atoms with Crippen LogP contribution in [0.4, 0.5) is 11.4 Å². The molecule has 0 unspecified atom stereocenters. The predicted octanol–water partition coefficient (Wildman–Crippen LogP) is 7.49. The van der Waals surface area contributed by atoms with Crippen molar-refractivity contribution in [3.05, 3.63) is 92.7 Å². The molecular formula is C32H28Cl2N4O3. The Balaban J connectivity index is 1.55. The predicted molar refractivity (Wildman–Crippen MR) is 160 cm³/mol. The lowest BCUT2D eigenvalue weighted by atomic mass is 9.86. The topological polar surface area (TPSA) is 76.5 Å². The van der Waals surface area contributed by atoms with Crippen molar-refractivity contribution >= 4 is 46.4 Å². The second-order valence-corrected chi connectivity index (χ2v) is 12.1. The molecule has 1 atom stereocenters. The average Bonchev–Trinajstić information content (AvgIpc) is 3.59. The monoisotopic (exact) mass is 586 g/mol. The van der Waals surface area contributed by atoms with Crippen LogP contribution in [0.1, 0.15) is 71.5 Å². The SMILES string of the molecule is COc1cc(C2CC2)ccc1-c1nc2c(n1C(C)C)[C@@]1(C(=O)Nc3cc(Cl)ccc31)N(c1cc(Cl)ccc1C)C2=O. The number of imidazole rings is 1. The van der Waals surface area contributed by atoms with Crippen molar-refractivity contribution in [3.63, 3.8) is 0 Å². The largest absolute Gasteiger partial charge is 0.496 e. The van der Waals surface area contributed by atoms with Crippen LogP contribution in [0.5, 0.6) is 5.75 Å². The van der Waals surface area contributed by atoms with E-state index >= 15 is 0 Å². The molecule has 1 aromatic heterocycles. The molecule has 0 bridgehead atoms. The number of hydrogen-bond acceptors (Lipinski definition) is 4. The third kappa shape index (κ3) is 3.61. The van der Waals surface area contributed by atoms with Gasteiger partial charge in [0.05, 0.1) is 24.1 Å². The summed E-state index contributed by atoms with van der Waals surface area (Å²) in [6.07, 6.45) is 2.34. The Morgan fingerprint density at radius 3 is 2.46 bits per heavy atom. The highest BCUT2D eigenvalue weighted by molar-refractivity contribution is 6.32. The number of rotatable bonds is 5. The van der Waals surface area contributed by atoms with E-state index in [9.17, 15) is 9.59 Å². The fourth-order valence-corrected chi connectivity index (χ4v) is 6.73. The first-order valence-corrected chi connectivity index (χ1v) is 14.5. The standard InChI is InChI=1S/C32H28Cl2N4O3/c1-16(2)37-28-27(36-29(37)22-11-8-19(18-6-7-18)13-26(22)41-4)30(39)38(25-15-21(34)9-5-17(25)3)32(28)23-12-10-20(33)14-24(23)35-31(32)40/h5,8-16,18H,6-7H2,1-4H3,(H,35,40)/t32-/m0/s1. The van der Waals surface area contributed by atoms with Crippen LogP contribution in [0, 0.1) is 6.92 Å². The van der Waals surface area contributed by atoms with E-state index in [4.69, 9.17) is 32.9 Å². The number of amides is 2. The summed E-state index contributed by atoms with van der Waals surface area (Å²) in [4.78, 5) is 35.5. The maximum atomic E-state index is 14.5. The van der Waals surface area contributed by atoms with Gasteiger partial charge >= 0.3 is 0 Å². The first kappa shape index (κ1) is 26.1. The molecule has 41 heavy (non-hydrogen) atoms. The van der Waals surface area contributed by atoms with Crippen molar-refractivity contribution in [1.29, 1.82) is 0 Å². The fraction of sp³-hybridized carbons (Fsp3) is 0.281. The van der Waals surface area contributed by atoms with E-state index in [1.807, 2.05) is 43.5 Å². The molecule has 1 spiro atoms. The molecule has 208 valence electrons. The number of aromatic nitrogens is 2. The average molecular weight is 588 g/mol. The molecule has 7 nitrogen and oxygen atoms in total. The minimum Gasteiger partial charge on any atom is -0.496 e. The maximum Gasteiger partial charge on any atom is 0.280 e. The highest BCUT2D eigenvalue weighted by Crippen LogP contribution is 2.55. The molecule has 1 aliphatic carbocycles. The van der Waals surface area contributed by atoms with Crippen molar-refractivity contribution in [2.75, 3.05) is 17.3 Å². The first-order valence-electron chi connectivity index (χ1n) is 13.7. The van der Waals surface area contributed by atoms with Gasteiger partial charge in [0.1, 0.15) is 11.6 Å². The minimum atomic E-state index is -1.53. The van der Waals surface area contributed by atoms with Gasteiger partial charge in [0, 0.05) is 27.3 Å². The Morgan fingerprint density at radius 1 is 1.02 bits per heavy atom. The van der Waals surface area contributed by atoms with Gasteiger partial charge in [-0.05, 0) is 87.1 Å². The van der Waals surface area contributed by atoms with Gasteiger partial charge in [0.2, 0.25) is 0 Å². The number of hydrogen-bond donors (Lipinski definition) is 1. The highest BCUT2D eigenvalue weighted by atomic mass is 35.5. The minimum absolute atomic E-state index is 0.150. The lowest BCUT2D eigenvalue weighted by molar-refractivity contribution is -0.119. The number of benzene rings is 3. The summed E-state index contributed by atoms with van der Waals surface area (Å²) in [5.74, 6) is 1.09. The van der Waals surface area contributed by atoms with Gasteiger partial charge in [-0.3, -0.25) is 14.5 Å². The van der Waals surface area contributed by atoms with Crippen LogP contribution >= 0.6 is 23.2 Å². The van der Waals surface area contributed by atoms with Crippen LogP contribution in [0.15, 0.2) is 54.6 Å². The van der Waals surface area contributed by atoms with Crippen LogP contribution in [0.2, 0.25) is 10.0 Å². The zero-order valence-corrected chi connectivity index (χ0v) is 24.6. The number of fused-ring (bicyclic) bond motifs is 4. The Labute approximate surface area is 248 Å². The maximum absolute atomic E-state index is 14.5. The third-order valence-corrected chi connectivity index (χ3v) is 8.86. The summed E-state index contributed by atoms with van der Waals surface area (Å²) < 4.78 is 7.86. The lowest BCUT2D eigenvalue weighted by Crippen LogP contribution is -2.51. The molecule has 3 aliphatic rings. The molecule has 3 aromatic carbocycles. The fourth-order valence-electron chi connectivity index (χ4n) is 6.39. The number of carbonyl (C=O) groups excluding carboxylic acids is 2. The van der Waals surface area contributed by atoms with Gasteiger partial charge in [0.25, 0.3) is 11.8 Å². The first-order chi connectivity index (χ1) is 19.7. The van der Waals surface area contributed by atoms with Crippen LogP contribution in [-0.2, 0) is 10.3 Å². The summed E-state index contributed by atoms with van der Waals surface area (Å²) in [6, 6.07) is 16.6. The quantitative estimate of drug-likeness (QED) is 0.263. The van der Waals surface area contributed by atoms with Crippen molar-refractivity contribution < 1.29 is 14.3 Å². The molecule has 0 saturated heterocycles. The lowest BCUT2D eigenvalue weighted by Gasteiger charge is -2.36. The Kier molecular flexibility index (Phi) is 5.79. The molecule has 1 fully saturated rings. The van der Waals surface area contributed by atoms with Gasteiger partial charge in [0.15, 0.2) is 11.2 Å². The summed E-state index contributed by atoms with van der Waals surface area (Å²) in [7, 11) is 1.65. The number of nitrogens with one attached hydrogen (secondary N) is 1. The highest BCUT2D eigenvalue weighted by Gasteiger charge is 2.64. The molecule has 3 heterocycles. The zero-order chi connectivity index (χ0) is 28.8. The van der Waals surface area contributed by atoms with Crippen LogP contribution < -0.4 is 15.0 Å². The van der Waals surface area contributed by atoms with E-state index in [1.165, 1.54) is 18.4 Å². The molecule has 0 radical (unpaired) electrons. The van der Waals surface area contributed by atoms with Crippen LogP contribution in [0.3, 0.4) is 0 Å². The van der Waals surface area contributed by atoms with Crippen LogP contribution in [-0.4, -0.2) is 28.5 Å². The van der Waals surface area contributed by atoms with Gasteiger partial charge in [-0.1, -0.05) is 41.4 Å². The summed E-state index contributed by atoms with van der Waals surface area (Å²) in [5.41, 5.74) is 3.73. The molecule has 2 aliphatic heterocycles. The molecule has 2 amide bonds. The number of carbonyl (C=O) groups is 2. The van der Waals surface area contributed by atoms with E-state index in [1.54, 1.807) is 36.3 Å². The van der Waals surface area contributed by atoms with Crippen molar-refractivity contribution in [1.82, 2.24) is 9.55 Å². The second kappa shape index (κ2) is 9.10. The Hall–Kier alpha value is -3.81. The number of halogens is 2. The van der Waals surface area contributed by atoms with Gasteiger partial charge < -0.3 is 14.6 Å². The van der Waals surface area contributed by atoms with Gasteiger partial charge in [-0.15, -0.1) is 0 Å². The van der Waals surface area contributed by atoms with Gasteiger partial charge in [-0.25, -0.2) is 4.98 Å². The Morgan fingerprint density at radius 2 is 1.76 bits per heavy atom. The molecule has 4 aromatic rings. The normalized spacial score (nSPS) is 19.2. The third-order valence-electron chi connectivity index (χ3n) is 8.39. The Bertz CT molecular complexity index is 1790. The van der Waals surface area contributed by atoms with E-state index in [-0.39, 0.29) is 23.6 Å². The van der Waals surface area contributed by atoms with Crippen molar-refractivity contribution in [3.8, 4) is 17.1 Å². The molecular weight excluding hydrogens is 559 g/mol. The van der Waals surface area contributed by atoms with Gasteiger partial charge in [-0.2, -0.15) is 0 Å². The van der Waals surface area contributed by atoms with Crippen molar-refractivity contribution in [2.45, 2.75) is 51.1 Å². The van der Waals surface area contributed by atoms with Crippen molar-refractivity contribution in [2.24, 2.45) is 0 Å². The number of anilines is 2. The number of aryl methyl sites for hydroxylation is 1. The molecule has 7 rings (SSSR count).